The van der Waals surface area contributed by atoms with Crippen LogP contribution in [0.2, 0.25) is 5.02 Å². The van der Waals surface area contributed by atoms with E-state index in [-0.39, 0.29) is 18.4 Å². The topological polar surface area (TPSA) is 57.7 Å². The SMILES string of the molecule is O=C(CN1C(=O)c2ccccc2C1=O)N1CCCCC(c2ccc(Cl)cc2)C1. The van der Waals surface area contributed by atoms with Crippen LogP contribution < -0.4 is 0 Å². The predicted octanol–water partition coefficient (Wildman–Crippen LogP) is 3.73. The molecule has 0 saturated carbocycles. The van der Waals surface area contributed by atoms with Crippen LogP contribution in [0, 0.1) is 0 Å². The van der Waals surface area contributed by atoms with Gasteiger partial charge in [0.25, 0.3) is 11.8 Å². The van der Waals surface area contributed by atoms with Crippen molar-refractivity contribution in [2.24, 2.45) is 0 Å². The van der Waals surface area contributed by atoms with Gasteiger partial charge in [-0.05, 0) is 42.7 Å². The summed E-state index contributed by atoms with van der Waals surface area (Å²) in [6.45, 7) is 1.02. The average Bonchev–Trinajstić information content (AvgIpc) is 2.88. The van der Waals surface area contributed by atoms with Crippen molar-refractivity contribution >= 4 is 29.3 Å². The Hall–Kier alpha value is -2.66. The summed E-state index contributed by atoms with van der Waals surface area (Å²) in [6, 6.07) is 14.4. The number of carbonyl (C=O) groups is 3. The van der Waals surface area contributed by atoms with Crippen molar-refractivity contribution in [3.05, 3.63) is 70.2 Å². The first-order valence-electron chi connectivity index (χ1n) is 9.53. The van der Waals surface area contributed by atoms with Gasteiger partial charge in [-0.2, -0.15) is 0 Å². The summed E-state index contributed by atoms with van der Waals surface area (Å²) in [5, 5.41) is 0.691. The van der Waals surface area contributed by atoms with Gasteiger partial charge in [-0.25, -0.2) is 0 Å². The molecule has 144 valence electrons. The highest BCUT2D eigenvalue weighted by molar-refractivity contribution is 6.30. The molecule has 2 aromatic carbocycles. The first kappa shape index (κ1) is 18.7. The van der Waals surface area contributed by atoms with E-state index in [1.807, 2.05) is 24.3 Å². The normalized spacial score (nSPS) is 19.5. The van der Waals surface area contributed by atoms with Crippen molar-refractivity contribution < 1.29 is 14.4 Å². The number of nitrogens with zero attached hydrogens (tertiary/aromatic N) is 2. The van der Waals surface area contributed by atoms with E-state index >= 15 is 0 Å². The third kappa shape index (κ3) is 3.54. The number of carbonyl (C=O) groups excluding carboxylic acids is 3. The van der Waals surface area contributed by atoms with Gasteiger partial charge in [-0.1, -0.05) is 42.3 Å². The van der Waals surface area contributed by atoms with Gasteiger partial charge >= 0.3 is 0 Å². The van der Waals surface area contributed by atoms with Gasteiger partial charge in [-0.15, -0.1) is 0 Å². The molecule has 4 rings (SSSR count). The molecule has 3 amide bonds. The maximum atomic E-state index is 12.9. The van der Waals surface area contributed by atoms with Crippen LogP contribution in [0.4, 0.5) is 0 Å². The Labute approximate surface area is 168 Å². The maximum absolute atomic E-state index is 12.9. The quantitative estimate of drug-likeness (QED) is 0.743. The van der Waals surface area contributed by atoms with Crippen LogP contribution in [-0.4, -0.2) is 47.2 Å². The van der Waals surface area contributed by atoms with Gasteiger partial charge in [0.1, 0.15) is 6.54 Å². The van der Waals surface area contributed by atoms with Gasteiger partial charge < -0.3 is 4.90 Å². The summed E-state index contributed by atoms with van der Waals surface area (Å²) >= 11 is 5.99. The van der Waals surface area contributed by atoms with Gasteiger partial charge in [0.15, 0.2) is 0 Å². The van der Waals surface area contributed by atoms with Gasteiger partial charge in [0.05, 0.1) is 11.1 Å². The number of imide groups is 1. The molecule has 0 aliphatic carbocycles. The van der Waals surface area contributed by atoms with Crippen molar-refractivity contribution in [3.63, 3.8) is 0 Å². The second kappa shape index (κ2) is 7.76. The number of amides is 3. The largest absolute Gasteiger partial charge is 0.341 e. The number of likely N-dealkylation sites (tertiary alicyclic amines) is 1. The molecule has 0 spiro atoms. The van der Waals surface area contributed by atoms with Crippen molar-refractivity contribution in [2.75, 3.05) is 19.6 Å². The van der Waals surface area contributed by atoms with E-state index in [0.717, 1.165) is 29.7 Å². The number of hydrogen-bond donors (Lipinski definition) is 0. The van der Waals surface area contributed by atoms with E-state index in [0.29, 0.717) is 29.2 Å². The lowest BCUT2D eigenvalue weighted by Gasteiger charge is -2.26. The lowest BCUT2D eigenvalue weighted by atomic mass is 9.94. The Morgan fingerprint density at radius 1 is 0.964 bits per heavy atom. The fraction of sp³-hybridized carbons (Fsp3) is 0.318. The molecule has 0 aromatic heterocycles. The Morgan fingerprint density at radius 2 is 1.61 bits per heavy atom. The molecule has 2 aliphatic heterocycles. The molecule has 0 N–H and O–H groups in total. The third-order valence-corrected chi connectivity index (χ3v) is 5.79. The monoisotopic (exact) mass is 396 g/mol. The zero-order valence-corrected chi connectivity index (χ0v) is 16.2. The number of halogens is 1. The molecule has 1 unspecified atom stereocenters. The second-order valence-corrected chi connectivity index (χ2v) is 7.76. The highest BCUT2D eigenvalue weighted by Gasteiger charge is 2.37. The van der Waals surface area contributed by atoms with Crippen molar-refractivity contribution in [3.8, 4) is 0 Å². The van der Waals surface area contributed by atoms with E-state index in [1.54, 1.807) is 29.2 Å². The highest BCUT2D eigenvalue weighted by atomic mass is 35.5. The highest BCUT2D eigenvalue weighted by Crippen LogP contribution is 2.28. The Bertz CT molecular complexity index is 891. The van der Waals surface area contributed by atoms with E-state index in [1.165, 1.54) is 0 Å². The summed E-state index contributed by atoms with van der Waals surface area (Å²) in [6.07, 6.45) is 2.94. The molecule has 0 radical (unpaired) electrons. The molecule has 2 aromatic rings. The average molecular weight is 397 g/mol. The molecule has 2 heterocycles. The zero-order valence-electron chi connectivity index (χ0n) is 15.4. The number of hydrogen-bond acceptors (Lipinski definition) is 3. The van der Waals surface area contributed by atoms with Crippen LogP contribution in [0.15, 0.2) is 48.5 Å². The summed E-state index contributed by atoms with van der Waals surface area (Å²) in [5.74, 6) is -0.739. The van der Waals surface area contributed by atoms with Gasteiger partial charge in [0, 0.05) is 24.0 Å². The Morgan fingerprint density at radius 3 is 2.25 bits per heavy atom. The van der Waals surface area contributed by atoms with E-state index in [2.05, 4.69) is 0 Å². The maximum Gasteiger partial charge on any atom is 0.262 e. The molecular formula is C22H21ClN2O3. The minimum absolute atomic E-state index is 0.185. The fourth-order valence-corrected chi connectivity index (χ4v) is 4.12. The molecule has 1 atom stereocenters. The zero-order chi connectivity index (χ0) is 19.7. The van der Waals surface area contributed by atoms with Crippen LogP contribution >= 0.6 is 11.6 Å². The minimum atomic E-state index is -0.391. The first-order chi connectivity index (χ1) is 13.5. The number of fused-ring (bicyclic) bond motifs is 1. The lowest BCUT2D eigenvalue weighted by Crippen LogP contribution is -2.43. The van der Waals surface area contributed by atoms with E-state index in [9.17, 15) is 14.4 Å². The van der Waals surface area contributed by atoms with Crippen LogP contribution in [-0.2, 0) is 4.79 Å². The van der Waals surface area contributed by atoms with Crippen LogP contribution in [0.1, 0.15) is 51.5 Å². The summed E-state index contributed by atoms with van der Waals surface area (Å²) in [7, 11) is 0. The molecule has 1 fully saturated rings. The van der Waals surface area contributed by atoms with Crippen LogP contribution in [0.3, 0.4) is 0 Å². The molecule has 6 heteroatoms. The van der Waals surface area contributed by atoms with Crippen LogP contribution in [0.25, 0.3) is 0 Å². The minimum Gasteiger partial charge on any atom is -0.341 e. The Balaban J connectivity index is 1.47. The number of rotatable bonds is 3. The van der Waals surface area contributed by atoms with E-state index in [4.69, 9.17) is 11.6 Å². The fourth-order valence-electron chi connectivity index (χ4n) is 3.99. The summed E-state index contributed by atoms with van der Waals surface area (Å²) in [5.41, 5.74) is 1.90. The van der Waals surface area contributed by atoms with Gasteiger partial charge in [-0.3, -0.25) is 19.3 Å². The second-order valence-electron chi connectivity index (χ2n) is 7.33. The molecule has 1 saturated heterocycles. The molecular weight excluding hydrogens is 376 g/mol. The Kier molecular flexibility index (Phi) is 5.18. The first-order valence-corrected chi connectivity index (χ1v) is 9.91. The number of benzene rings is 2. The smallest absolute Gasteiger partial charge is 0.262 e. The molecule has 0 bridgehead atoms. The lowest BCUT2D eigenvalue weighted by molar-refractivity contribution is -0.131. The van der Waals surface area contributed by atoms with Crippen molar-refractivity contribution in [1.29, 1.82) is 0 Å². The predicted molar refractivity (Wildman–Crippen MR) is 106 cm³/mol. The van der Waals surface area contributed by atoms with Gasteiger partial charge in [0.2, 0.25) is 5.91 Å². The van der Waals surface area contributed by atoms with Crippen molar-refractivity contribution in [1.82, 2.24) is 9.80 Å². The van der Waals surface area contributed by atoms with E-state index < -0.39 is 11.8 Å². The molecule has 28 heavy (non-hydrogen) atoms. The third-order valence-electron chi connectivity index (χ3n) is 5.54. The summed E-state index contributed by atoms with van der Waals surface area (Å²) in [4.78, 5) is 40.9. The standard InChI is InChI=1S/C22H21ClN2O3/c23-17-10-8-15(9-11-17)16-5-3-4-12-24(13-16)20(26)14-25-21(27)18-6-1-2-7-19(18)22(25)28/h1-2,6-11,16H,3-5,12-14H2. The van der Waals surface area contributed by atoms with Crippen LogP contribution in [0.5, 0.6) is 0 Å². The molecule has 2 aliphatic rings. The van der Waals surface area contributed by atoms with Crippen molar-refractivity contribution in [2.45, 2.75) is 25.2 Å². The molecule has 5 nitrogen and oxygen atoms in total. The summed E-state index contributed by atoms with van der Waals surface area (Å²) < 4.78 is 0.